The first-order valence-electron chi connectivity index (χ1n) is 7.96. The summed E-state index contributed by atoms with van der Waals surface area (Å²) in [4.78, 5) is 0.652. The molecule has 4 aromatic rings. The molecule has 0 N–H and O–H groups in total. The Bertz CT molecular complexity index is 1170. The standard InChI is InChI=1S/C21H14BrFO2S/c1-25-18-10-6-14-12-15(23)8-9-17(14)20(18)21-16-5-3-2-4-13(16)7-11-19(21)26(22)24/h2-12H,1H3. The van der Waals surface area contributed by atoms with Gasteiger partial charge in [-0.25, -0.2) is 8.60 Å². The fourth-order valence-corrected chi connectivity index (χ4v) is 4.71. The van der Waals surface area contributed by atoms with Crippen LogP contribution in [0.15, 0.2) is 71.6 Å². The minimum Gasteiger partial charge on any atom is -0.496 e. The maximum absolute atomic E-state index is 13.7. The number of fused-ring (bicyclic) bond motifs is 2. The van der Waals surface area contributed by atoms with Crippen LogP contribution in [0.4, 0.5) is 4.39 Å². The molecule has 130 valence electrons. The molecule has 5 heteroatoms. The Kier molecular flexibility index (Phi) is 4.51. The maximum atomic E-state index is 13.7. The number of hydrogen-bond donors (Lipinski definition) is 0. The van der Waals surface area contributed by atoms with Crippen molar-refractivity contribution in [2.45, 2.75) is 4.90 Å². The third-order valence-corrected chi connectivity index (χ3v) is 6.21. The van der Waals surface area contributed by atoms with Gasteiger partial charge < -0.3 is 4.74 Å². The normalized spacial score (nSPS) is 12.4. The molecule has 0 aromatic heterocycles. The van der Waals surface area contributed by atoms with E-state index in [1.807, 2.05) is 48.5 Å². The van der Waals surface area contributed by atoms with Gasteiger partial charge in [0.1, 0.15) is 20.8 Å². The van der Waals surface area contributed by atoms with Crippen molar-refractivity contribution in [3.8, 4) is 16.9 Å². The number of rotatable bonds is 3. The molecule has 0 aliphatic carbocycles. The van der Waals surface area contributed by atoms with Crippen molar-refractivity contribution in [1.82, 2.24) is 0 Å². The van der Waals surface area contributed by atoms with Gasteiger partial charge in [-0.15, -0.1) is 0 Å². The Hall–Kier alpha value is -2.24. The van der Waals surface area contributed by atoms with Gasteiger partial charge in [-0.2, -0.15) is 0 Å². The van der Waals surface area contributed by atoms with Gasteiger partial charge in [-0.3, -0.25) is 0 Å². The average molecular weight is 429 g/mol. The highest BCUT2D eigenvalue weighted by atomic mass is 79.9. The zero-order valence-electron chi connectivity index (χ0n) is 13.8. The van der Waals surface area contributed by atoms with Gasteiger partial charge >= 0.3 is 0 Å². The minimum absolute atomic E-state index is 0.296. The lowest BCUT2D eigenvalue weighted by Gasteiger charge is -2.17. The topological polar surface area (TPSA) is 26.3 Å². The highest BCUT2D eigenvalue weighted by molar-refractivity contribution is 9.46. The van der Waals surface area contributed by atoms with Gasteiger partial charge in [0.2, 0.25) is 0 Å². The van der Waals surface area contributed by atoms with E-state index < -0.39 is 9.23 Å². The van der Waals surface area contributed by atoms with Gasteiger partial charge in [-0.1, -0.05) is 42.5 Å². The number of halogens is 2. The summed E-state index contributed by atoms with van der Waals surface area (Å²) in [6.45, 7) is 0. The molecule has 0 saturated heterocycles. The molecule has 26 heavy (non-hydrogen) atoms. The van der Waals surface area contributed by atoms with E-state index in [-0.39, 0.29) is 5.82 Å². The van der Waals surface area contributed by atoms with Crippen LogP contribution in [-0.4, -0.2) is 11.3 Å². The van der Waals surface area contributed by atoms with Crippen molar-refractivity contribution in [2.24, 2.45) is 0 Å². The third-order valence-electron chi connectivity index (χ3n) is 4.48. The van der Waals surface area contributed by atoms with Crippen molar-refractivity contribution in [3.05, 3.63) is 72.5 Å². The lowest BCUT2D eigenvalue weighted by molar-refractivity contribution is 0.417. The van der Waals surface area contributed by atoms with Crippen LogP contribution in [-0.2, 0) is 9.23 Å². The van der Waals surface area contributed by atoms with Gasteiger partial charge in [-0.05, 0) is 45.8 Å². The van der Waals surface area contributed by atoms with Crippen molar-refractivity contribution >= 4 is 45.6 Å². The Labute approximate surface area is 160 Å². The molecular formula is C21H14BrFO2S. The summed E-state index contributed by atoms with van der Waals surface area (Å²) >= 11 is 3.21. The summed E-state index contributed by atoms with van der Waals surface area (Å²) in [5, 5.41) is 3.61. The van der Waals surface area contributed by atoms with Crippen LogP contribution in [0.5, 0.6) is 5.75 Å². The van der Waals surface area contributed by atoms with Gasteiger partial charge in [0.05, 0.1) is 12.0 Å². The Balaban J connectivity index is 2.23. The molecule has 0 aliphatic heterocycles. The Morgan fingerprint density at radius 2 is 1.62 bits per heavy atom. The number of ether oxygens (including phenoxy) is 1. The van der Waals surface area contributed by atoms with E-state index >= 15 is 0 Å². The lowest BCUT2D eigenvalue weighted by atomic mass is 9.93. The molecule has 0 heterocycles. The van der Waals surface area contributed by atoms with Crippen LogP contribution in [0.3, 0.4) is 0 Å². The van der Waals surface area contributed by atoms with Crippen LogP contribution >= 0.6 is 14.8 Å². The molecule has 4 rings (SSSR count). The predicted octanol–water partition coefficient (Wildman–Crippen LogP) is 6.23. The zero-order valence-corrected chi connectivity index (χ0v) is 16.2. The maximum Gasteiger partial charge on any atom is 0.127 e. The predicted molar refractivity (Wildman–Crippen MR) is 109 cm³/mol. The fraction of sp³-hybridized carbons (Fsp3) is 0.0476. The first kappa shape index (κ1) is 17.2. The van der Waals surface area contributed by atoms with E-state index in [1.165, 1.54) is 12.1 Å². The largest absolute Gasteiger partial charge is 0.496 e. The summed E-state index contributed by atoms with van der Waals surface area (Å²) in [5.41, 5.74) is 1.64. The van der Waals surface area contributed by atoms with Crippen molar-refractivity contribution in [1.29, 1.82) is 0 Å². The van der Waals surface area contributed by atoms with E-state index in [1.54, 1.807) is 13.2 Å². The van der Waals surface area contributed by atoms with Crippen LogP contribution < -0.4 is 4.74 Å². The van der Waals surface area contributed by atoms with E-state index in [0.29, 0.717) is 10.6 Å². The molecule has 1 unspecified atom stereocenters. The molecule has 0 saturated carbocycles. The van der Waals surface area contributed by atoms with Crippen LogP contribution in [0, 0.1) is 5.82 Å². The first-order chi connectivity index (χ1) is 12.6. The highest BCUT2D eigenvalue weighted by Crippen LogP contribution is 2.44. The molecule has 1 atom stereocenters. The van der Waals surface area contributed by atoms with Crippen LogP contribution in [0.2, 0.25) is 0 Å². The number of hydrogen-bond acceptors (Lipinski definition) is 2. The quantitative estimate of drug-likeness (QED) is 0.361. The van der Waals surface area contributed by atoms with Crippen molar-refractivity contribution in [2.75, 3.05) is 7.11 Å². The highest BCUT2D eigenvalue weighted by Gasteiger charge is 2.19. The molecule has 4 aromatic carbocycles. The molecular weight excluding hydrogens is 415 g/mol. The fourth-order valence-electron chi connectivity index (χ4n) is 3.35. The van der Waals surface area contributed by atoms with Crippen molar-refractivity contribution in [3.63, 3.8) is 0 Å². The van der Waals surface area contributed by atoms with E-state index in [9.17, 15) is 8.60 Å². The monoisotopic (exact) mass is 428 g/mol. The SMILES string of the molecule is COc1ccc2cc(F)ccc2c1-c1c(S(=O)Br)ccc2ccccc12. The molecule has 0 fully saturated rings. The number of benzene rings is 4. The molecule has 0 amide bonds. The molecule has 0 bridgehead atoms. The smallest absolute Gasteiger partial charge is 0.127 e. The average Bonchev–Trinajstić information content (AvgIpc) is 2.66. The minimum atomic E-state index is -1.37. The zero-order chi connectivity index (χ0) is 18.3. The van der Waals surface area contributed by atoms with Gasteiger partial charge in [0, 0.05) is 25.9 Å². The Morgan fingerprint density at radius 3 is 2.38 bits per heavy atom. The molecule has 0 radical (unpaired) electrons. The van der Waals surface area contributed by atoms with E-state index in [2.05, 4.69) is 14.8 Å². The second-order valence-corrected chi connectivity index (χ2v) is 8.54. The number of methoxy groups -OCH3 is 1. The second kappa shape index (κ2) is 6.82. The summed E-state index contributed by atoms with van der Waals surface area (Å²) in [6.07, 6.45) is 0. The lowest BCUT2D eigenvalue weighted by Crippen LogP contribution is -1.95. The third kappa shape index (κ3) is 2.81. The van der Waals surface area contributed by atoms with Crippen LogP contribution in [0.1, 0.15) is 0 Å². The second-order valence-electron chi connectivity index (χ2n) is 5.89. The summed E-state index contributed by atoms with van der Waals surface area (Å²) in [6, 6.07) is 20.0. The summed E-state index contributed by atoms with van der Waals surface area (Å²) in [5.74, 6) is 0.357. The molecule has 0 aliphatic rings. The summed E-state index contributed by atoms with van der Waals surface area (Å²) in [7, 11) is 0.230. The molecule has 2 nitrogen and oxygen atoms in total. The molecule has 0 spiro atoms. The Morgan fingerprint density at radius 1 is 0.885 bits per heavy atom. The van der Waals surface area contributed by atoms with E-state index in [0.717, 1.165) is 32.7 Å². The van der Waals surface area contributed by atoms with Gasteiger partial charge in [0.25, 0.3) is 0 Å². The van der Waals surface area contributed by atoms with Crippen molar-refractivity contribution < 1.29 is 13.3 Å². The van der Waals surface area contributed by atoms with E-state index in [4.69, 9.17) is 4.74 Å². The first-order valence-corrected chi connectivity index (χ1v) is 11.0. The summed E-state index contributed by atoms with van der Waals surface area (Å²) < 4.78 is 31.7. The van der Waals surface area contributed by atoms with Gasteiger partial charge in [0.15, 0.2) is 0 Å². The van der Waals surface area contributed by atoms with Crippen LogP contribution in [0.25, 0.3) is 32.7 Å².